The molecule has 0 aliphatic heterocycles. The lowest BCUT2D eigenvalue weighted by atomic mass is 9.79. The Labute approximate surface area is 116 Å². The van der Waals surface area contributed by atoms with Gasteiger partial charge < -0.3 is 14.7 Å². The maximum Gasteiger partial charge on any atom is 0.326 e. The van der Waals surface area contributed by atoms with Gasteiger partial charge in [0, 0.05) is 20.2 Å². The molecule has 0 aromatic heterocycles. The van der Waals surface area contributed by atoms with E-state index in [4.69, 9.17) is 4.74 Å². The number of methoxy groups -OCH3 is 1. The summed E-state index contributed by atoms with van der Waals surface area (Å²) in [6.07, 6.45) is 3.24. The van der Waals surface area contributed by atoms with Gasteiger partial charge in [0.25, 0.3) is 0 Å². The van der Waals surface area contributed by atoms with Gasteiger partial charge in [-0.2, -0.15) is 0 Å². The normalized spacial score (nSPS) is 27.7. The number of ether oxygens (including phenoxy) is 1. The number of carboxylic acids is 1. The summed E-state index contributed by atoms with van der Waals surface area (Å²) in [5.74, 6) is -0.779. The van der Waals surface area contributed by atoms with Crippen molar-refractivity contribution in [2.24, 2.45) is 0 Å². The highest BCUT2D eigenvalue weighted by atomic mass is 16.5. The van der Waals surface area contributed by atoms with Crippen LogP contribution in [0.2, 0.25) is 0 Å². The van der Waals surface area contributed by atoms with Crippen molar-refractivity contribution in [3.8, 4) is 0 Å². The third-order valence-corrected chi connectivity index (χ3v) is 4.27. The highest BCUT2D eigenvalue weighted by Crippen LogP contribution is 2.30. The Hall–Kier alpha value is -0.650. The zero-order chi connectivity index (χ0) is 14.3. The Bertz CT molecular complexity index is 282. The van der Waals surface area contributed by atoms with Crippen LogP contribution >= 0.6 is 0 Å². The minimum absolute atomic E-state index is 0.226. The van der Waals surface area contributed by atoms with Gasteiger partial charge in [0.15, 0.2) is 0 Å². The number of likely N-dealkylation sites (N-methyl/N-ethyl adjacent to an activating group) is 1. The molecule has 0 aromatic rings. The molecule has 1 saturated carbocycles. The van der Waals surface area contributed by atoms with Crippen molar-refractivity contribution in [1.29, 1.82) is 0 Å². The van der Waals surface area contributed by atoms with Crippen LogP contribution in [0.4, 0.5) is 0 Å². The third-order valence-electron chi connectivity index (χ3n) is 4.27. The van der Waals surface area contributed by atoms with Gasteiger partial charge in [-0.3, -0.25) is 10.1 Å². The molecule has 0 saturated heterocycles. The summed E-state index contributed by atoms with van der Waals surface area (Å²) in [6, 6.07) is 0. The third kappa shape index (κ3) is 3.91. The summed E-state index contributed by atoms with van der Waals surface area (Å²) >= 11 is 0. The standard InChI is InChI=1S/C14H28N2O3/c1-4-16(5-2)11-10-15-14(13(17)18)9-7-6-8-12(14)19-3/h12,15H,4-11H2,1-3H3,(H,17,18). The maximum atomic E-state index is 11.7. The fraction of sp³-hybridized carbons (Fsp3) is 0.929. The summed E-state index contributed by atoms with van der Waals surface area (Å²) < 4.78 is 5.42. The van der Waals surface area contributed by atoms with Crippen molar-refractivity contribution in [3.05, 3.63) is 0 Å². The van der Waals surface area contributed by atoms with Crippen molar-refractivity contribution in [1.82, 2.24) is 10.2 Å². The fourth-order valence-electron chi connectivity index (χ4n) is 2.96. The Morgan fingerprint density at radius 3 is 2.63 bits per heavy atom. The summed E-state index contributed by atoms with van der Waals surface area (Å²) in [6.45, 7) is 7.79. The first kappa shape index (κ1) is 16.4. The molecule has 0 amide bonds. The second kappa shape index (κ2) is 7.82. The number of nitrogens with one attached hydrogen (secondary N) is 1. The number of rotatable bonds is 8. The van der Waals surface area contributed by atoms with E-state index in [-0.39, 0.29) is 6.10 Å². The van der Waals surface area contributed by atoms with Crippen molar-refractivity contribution in [2.75, 3.05) is 33.3 Å². The van der Waals surface area contributed by atoms with Crippen molar-refractivity contribution >= 4 is 5.97 Å². The second-order valence-electron chi connectivity index (χ2n) is 5.20. The van der Waals surface area contributed by atoms with Gasteiger partial charge in [-0.1, -0.05) is 26.7 Å². The van der Waals surface area contributed by atoms with Crippen LogP contribution in [0.25, 0.3) is 0 Å². The molecule has 2 N–H and O–H groups in total. The largest absolute Gasteiger partial charge is 0.480 e. The average molecular weight is 272 g/mol. The molecule has 5 nitrogen and oxygen atoms in total. The van der Waals surface area contributed by atoms with Gasteiger partial charge in [0.05, 0.1) is 6.10 Å². The summed E-state index contributed by atoms with van der Waals surface area (Å²) in [4.78, 5) is 14.0. The Balaban J connectivity index is 2.63. The number of aliphatic carboxylic acids is 1. The van der Waals surface area contributed by atoms with Crippen LogP contribution in [0.15, 0.2) is 0 Å². The molecule has 0 spiro atoms. The monoisotopic (exact) mass is 272 g/mol. The van der Waals surface area contributed by atoms with Gasteiger partial charge in [-0.15, -0.1) is 0 Å². The first-order valence-corrected chi connectivity index (χ1v) is 7.34. The first-order valence-electron chi connectivity index (χ1n) is 7.34. The zero-order valence-electron chi connectivity index (χ0n) is 12.4. The smallest absolute Gasteiger partial charge is 0.326 e. The molecule has 0 bridgehead atoms. The topological polar surface area (TPSA) is 61.8 Å². The summed E-state index contributed by atoms with van der Waals surface area (Å²) in [5.41, 5.74) is -0.903. The van der Waals surface area contributed by atoms with Crippen LogP contribution in [0, 0.1) is 0 Å². The Kier molecular flexibility index (Phi) is 6.75. The second-order valence-corrected chi connectivity index (χ2v) is 5.20. The number of carbonyl (C=O) groups is 1. The van der Waals surface area contributed by atoms with Crippen molar-refractivity contribution in [2.45, 2.75) is 51.2 Å². The molecule has 1 aliphatic carbocycles. The van der Waals surface area contributed by atoms with Crippen LogP contribution in [0.5, 0.6) is 0 Å². The molecule has 5 heteroatoms. The predicted molar refractivity (Wildman–Crippen MR) is 75.4 cm³/mol. The maximum absolute atomic E-state index is 11.7. The molecule has 112 valence electrons. The molecule has 19 heavy (non-hydrogen) atoms. The lowest BCUT2D eigenvalue weighted by Gasteiger charge is -2.41. The van der Waals surface area contributed by atoms with E-state index in [1.54, 1.807) is 7.11 Å². The van der Waals surface area contributed by atoms with E-state index in [1.165, 1.54) is 0 Å². The highest BCUT2D eigenvalue weighted by molar-refractivity contribution is 5.80. The Morgan fingerprint density at radius 1 is 1.42 bits per heavy atom. The van der Waals surface area contributed by atoms with Gasteiger partial charge in [0.2, 0.25) is 0 Å². The van der Waals surface area contributed by atoms with E-state index in [9.17, 15) is 9.90 Å². The van der Waals surface area contributed by atoms with Crippen LogP contribution in [-0.2, 0) is 9.53 Å². The molecule has 0 aromatic carbocycles. The molecule has 1 rings (SSSR count). The first-order chi connectivity index (χ1) is 9.10. The highest BCUT2D eigenvalue weighted by Gasteiger charge is 2.47. The van der Waals surface area contributed by atoms with E-state index in [2.05, 4.69) is 24.1 Å². The van der Waals surface area contributed by atoms with E-state index in [1.807, 2.05) is 0 Å². The Morgan fingerprint density at radius 2 is 2.11 bits per heavy atom. The van der Waals surface area contributed by atoms with E-state index in [0.29, 0.717) is 13.0 Å². The van der Waals surface area contributed by atoms with Crippen LogP contribution in [-0.4, -0.2) is 60.9 Å². The van der Waals surface area contributed by atoms with Gasteiger partial charge in [0.1, 0.15) is 5.54 Å². The van der Waals surface area contributed by atoms with Gasteiger partial charge in [-0.05, 0) is 25.9 Å². The quantitative estimate of drug-likeness (QED) is 0.698. The molecule has 0 heterocycles. The average Bonchev–Trinajstić information content (AvgIpc) is 2.43. The lowest BCUT2D eigenvalue weighted by Crippen LogP contribution is -2.63. The zero-order valence-corrected chi connectivity index (χ0v) is 12.4. The SMILES string of the molecule is CCN(CC)CCNC1(C(=O)O)CCCCC1OC. The van der Waals surface area contributed by atoms with Crippen molar-refractivity contribution < 1.29 is 14.6 Å². The molecular formula is C14H28N2O3. The summed E-state index contributed by atoms with van der Waals surface area (Å²) in [7, 11) is 1.61. The minimum atomic E-state index is -0.903. The van der Waals surface area contributed by atoms with Crippen molar-refractivity contribution in [3.63, 3.8) is 0 Å². The minimum Gasteiger partial charge on any atom is -0.480 e. The molecular weight excluding hydrogens is 244 g/mol. The van der Waals surface area contributed by atoms with E-state index < -0.39 is 11.5 Å². The fourth-order valence-corrected chi connectivity index (χ4v) is 2.96. The molecule has 1 aliphatic rings. The number of carboxylic acid groups (broad SMARTS) is 1. The van der Waals surface area contributed by atoms with Gasteiger partial charge in [-0.25, -0.2) is 0 Å². The molecule has 1 fully saturated rings. The molecule has 0 radical (unpaired) electrons. The summed E-state index contributed by atoms with van der Waals surface area (Å²) in [5, 5.41) is 12.9. The number of nitrogens with zero attached hydrogens (tertiary/aromatic N) is 1. The predicted octanol–water partition coefficient (Wildman–Crippen LogP) is 1.33. The number of hydrogen-bond acceptors (Lipinski definition) is 4. The van der Waals surface area contributed by atoms with E-state index in [0.717, 1.165) is 38.9 Å². The molecule has 2 unspecified atom stereocenters. The van der Waals surface area contributed by atoms with Gasteiger partial charge >= 0.3 is 5.97 Å². The number of hydrogen-bond donors (Lipinski definition) is 2. The van der Waals surface area contributed by atoms with Crippen LogP contribution in [0.1, 0.15) is 39.5 Å². The van der Waals surface area contributed by atoms with Crippen LogP contribution < -0.4 is 5.32 Å². The molecule has 2 atom stereocenters. The lowest BCUT2D eigenvalue weighted by molar-refractivity contribution is -0.154. The van der Waals surface area contributed by atoms with E-state index >= 15 is 0 Å². The van der Waals surface area contributed by atoms with Crippen LogP contribution in [0.3, 0.4) is 0 Å².